The minimum Gasteiger partial charge on any atom is -0.496 e. The standard InChI is InChI=1S/C18H17N3O5/c1-11-4-6-13(7-5-11)18-20-19-17(26-18)12(2)25-16-9-8-14(24-3)10-15(16)21(22)23/h4-10,12H,1-3H3/t12-/m1/s1. The molecule has 0 saturated carbocycles. The Labute approximate surface area is 149 Å². The van der Waals surface area contributed by atoms with Gasteiger partial charge in [-0.2, -0.15) is 0 Å². The minimum atomic E-state index is -0.659. The van der Waals surface area contributed by atoms with E-state index in [0.29, 0.717) is 11.6 Å². The lowest BCUT2D eigenvalue weighted by atomic mass is 10.1. The number of nitro benzene ring substituents is 1. The molecule has 26 heavy (non-hydrogen) atoms. The molecule has 1 heterocycles. The predicted molar refractivity (Wildman–Crippen MR) is 93.2 cm³/mol. The van der Waals surface area contributed by atoms with Crippen LogP contribution in [0.25, 0.3) is 11.5 Å². The fourth-order valence-corrected chi connectivity index (χ4v) is 2.32. The largest absolute Gasteiger partial charge is 0.496 e. The van der Waals surface area contributed by atoms with Gasteiger partial charge in [-0.05, 0) is 38.1 Å². The number of benzene rings is 2. The van der Waals surface area contributed by atoms with Gasteiger partial charge in [0.05, 0.1) is 18.1 Å². The maximum atomic E-state index is 11.2. The van der Waals surface area contributed by atoms with E-state index in [9.17, 15) is 10.1 Å². The quantitative estimate of drug-likeness (QED) is 0.484. The number of ether oxygens (including phenoxy) is 2. The van der Waals surface area contributed by atoms with Crippen molar-refractivity contribution in [3.05, 3.63) is 64.0 Å². The predicted octanol–water partition coefficient (Wildman–Crippen LogP) is 4.10. The number of aromatic nitrogens is 2. The number of nitrogens with zero attached hydrogens (tertiary/aromatic N) is 3. The molecule has 3 aromatic rings. The molecular weight excluding hydrogens is 338 g/mol. The second-order valence-corrected chi connectivity index (χ2v) is 5.66. The third-order valence-electron chi connectivity index (χ3n) is 3.75. The van der Waals surface area contributed by atoms with E-state index in [-0.39, 0.29) is 17.3 Å². The van der Waals surface area contributed by atoms with E-state index >= 15 is 0 Å². The van der Waals surface area contributed by atoms with Gasteiger partial charge in [-0.3, -0.25) is 10.1 Å². The Bertz CT molecular complexity index is 921. The highest BCUT2D eigenvalue weighted by Gasteiger charge is 2.22. The fraction of sp³-hybridized carbons (Fsp3) is 0.222. The monoisotopic (exact) mass is 355 g/mol. The van der Waals surface area contributed by atoms with Crippen molar-refractivity contribution in [2.24, 2.45) is 0 Å². The van der Waals surface area contributed by atoms with Gasteiger partial charge in [-0.1, -0.05) is 17.7 Å². The first-order valence-electron chi connectivity index (χ1n) is 7.87. The maximum absolute atomic E-state index is 11.2. The summed E-state index contributed by atoms with van der Waals surface area (Å²) in [6, 6.07) is 12.0. The first-order chi connectivity index (χ1) is 12.5. The first-order valence-corrected chi connectivity index (χ1v) is 7.87. The van der Waals surface area contributed by atoms with E-state index in [1.54, 1.807) is 13.0 Å². The molecule has 0 aliphatic heterocycles. The summed E-state index contributed by atoms with van der Waals surface area (Å²) in [5.41, 5.74) is 1.71. The van der Waals surface area contributed by atoms with Crippen LogP contribution in [0, 0.1) is 17.0 Å². The van der Waals surface area contributed by atoms with Crippen molar-refractivity contribution in [3.63, 3.8) is 0 Å². The second-order valence-electron chi connectivity index (χ2n) is 5.66. The summed E-state index contributed by atoms with van der Waals surface area (Å²) >= 11 is 0. The molecule has 8 nitrogen and oxygen atoms in total. The summed E-state index contributed by atoms with van der Waals surface area (Å²) in [7, 11) is 1.44. The second kappa shape index (κ2) is 7.22. The molecule has 0 aliphatic rings. The van der Waals surface area contributed by atoms with Crippen LogP contribution in [0.4, 0.5) is 5.69 Å². The van der Waals surface area contributed by atoms with Crippen LogP contribution in [0.2, 0.25) is 0 Å². The molecule has 0 amide bonds. The molecule has 1 aromatic heterocycles. The maximum Gasteiger partial charge on any atom is 0.314 e. The minimum absolute atomic E-state index is 0.0957. The zero-order valence-electron chi connectivity index (χ0n) is 14.5. The molecule has 2 aromatic carbocycles. The topological polar surface area (TPSA) is 101 Å². The molecule has 0 bridgehead atoms. The van der Waals surface area contributed by atoms with Crippen molar-refractivity contribution in [1.82, 2.24) is 10.2 Å². The zero-order chi connectivity index (χ0) is 18.7. The van der Waals surface area contributed by atoms with Gasteiger partial charge in [0.2, 0.25) is 5.89 Å². The summed E-state index contributed by atoms with van der Waals surface area (Å²) in [5, 5.41) is 19.2. The number of aryl methyl sites for hydroxylation is 1. The molecule has 0 fully saturated rings. The van der Waals surface area contributed by atoms with Gasteiger partial charge in [0, 0.05) is 5.56 Å². The van der Waals surface area contributed by atoms with Crippen molar-refractivity contribution in [3.8, 4) is 23.0 Å². The Morgan fingerprint density at radius 1 is 1.15 bits per heavy atom. The molecular formula is C18H17N3O5. The summed E-state index contributed by atoms with van der Waals surface area (Å²) in [5.74, 6) is 1.06. The van der Waals surface area contributed by atoms with E-state index in [4.69, 9.17) is 13.9 Å². The average molecular weight is 355 g/mol. The van der Waals surface area contributed by atoms with E-state index in [0.717, 1.165) is 11.1 Å². The van der Waals surface area contributed by atoms with E-state index in [1.165, 1.54) is 19.2 Å². The highest BCUT2D eigenvalue weighted by Crippen LogP contribution is 2.34. The first kappa shape index (κ1) is 17.4. The Morgan fingerprint density at radius 2 is 1.88 bits per heavy atom. The molecule has 8 heteroatoms. The van der Waals surface area contributed by atoms with Crippen molar-refractivity contribution in [2.45, 2.75) is 20.0 Å². The van der Waals surface area contributed by atoms with Gasteiger partial charge in [0.15, 0.2) is 11.9 Å². The normalized spacial score (nSPS) is 11.8. The summed E-state index contributed by atoms with van der Waals surface area (Å²) < 4.78 is 16.3. The smallest absolute Gasteiger partial charge is 0.314 e. The van der Waals surface area contributed by atoms with Crippen molar-refractivity contribution < 1.29 is 18.8 Å². The van der Waals surface area contributed by atoms with E-state index in [2.05, 4.69) is 10.2 Å². The number of hydrogen-bond acceptors (Lipinski definition) is 7. The van der Waals surface area contributed by atoms with E-state index in [1.807, 2.05) is 31.2 Å². The third kappa shape index (κ3) is 3.64. The summed E-state index contributed by atoms with van der Waals surface area (Å²) in [6.07, 6.45) is -0.659. The lowest BCUT2D eigenvalue weighted by Crippen LogP contribution is -2.05. The van der Waals surface area contributed by atoms with Crippen molar-refractivity contribution in [1.29, 1.82) is 0 Å². The van der Waals surface area contributed by atoms with Crippen LogP contribution in [0.15, 0.2) is 46.9 Å². The van der Waals surface area contributed by atoms with Crippen molar-refractivity contribution in [2.75, 3.05) is 7.11 Å². The number of rotatable bonds is 6. The van der Waals surface area contributed by atoms with Crippen LogP contribution < -0.4 is 9.47 Å². The molecule has 3 rings (SSSR count). The van der Waals surface area contributed by atoms with Gasteiger partial charge < -0.3 is 13.9 Å². The Morgan fingerprint density at radius 3 is 2.54 bits per heavy atom. The van der Waals surface area contributed by atoms with Crippen molar-refractivity contribution >= 4 is 5.69 Å². The fourth-order valence-electron chi connectivity index (χ4n) is 2.32. The van der Waals surface area contributed by atoms with Gasteiger partial charge in [0.1, 0.15) is 5.75 Å². The molecule has 0 aliphatic carbocycles. The zero-order valence-corrected chi connectivity index (χ0v) is 14.5. The van der Waals surface area contributed by atoms with Crippen LogP contribution >= 0.6 is 0 Å². The van der Waals surface area contributed by atoms with Gasteiger partial charge in [-0.15, -0.1) is 10.2 Å². The van der Waals surface area contributed by atoms with Crippen LogP contribution in [0.1, 0.15) is 24.5 Å². The van der Waals surface area contributed by atoms with Gasteiger partial charge >= 0.3 is 5.69 Å². The molecule has 134 valence electrons. The molecule has 0 N–H and O–H groups in total. The molecule has 1 atom stereocenters. The molecule has 0 unspecified atom stereocenters. The third-order valence-corrected chi connectivity index (χ3v) is 3.75. The average Bonchev–Trinajstić information content (AvgIpc) is 3.12. The van der Waals surface area contributed by atoms with Crippen LogP contribution in [0.3, 0.4) is 0 Å². The molecule has 0 spiro atoms. The van der Waals surface area contributed by atoms with Gasteiger partial charge in [0.25, 0.3) is 5.89 Å². The van der Waals surface area contributed by atoms with E-state index < -0.39 is 11.0 Å². The SMILES string of the molecule is COc1ccc(O[C@H](C)c2nnc(-c3ccc(C)cc3)o2)c([N+](=O)[O-])c1. The van der Waals surface area contributed by atoms with Crippen LogP contribution in [-0.2, 0) is 0 Å². The number of nitro groups is 1. The highest BCUT2D eigenvalue weighted by molar-refractivity contribution is 5.53. The highest BCUT2D eigenvalue weighted by atomic mass is 16.6. The molecule has 0 saturated heterocycles. The van der Waals surface area contributed by atoms with Crippen LogP contribution in [-0.4, -0.2) is 22.2 Å². The summed E-state index contributed by atoms with van der Waals surface area (Å²) in [6.45, 7) is 3.67. The summed E-state index contributed by atoms with van der Waals surface area (Å²) in [4.78, 5) is 10.7. The number of hydrogen-bond donors (Lipinski definition) is 0. The Balaban J connectivity index is 1.82. The lowest BCUT2D eigenvalue weighted by Gasteiger charge is -2.11. The van der Waals surface area contributed by atoms with Crippen LogP contribution in [0.5, 0.6) is 11.5 Å². The Hall–Kier alpha value is -3.42. The molecule has 0 radical (unpaired) electrons. The Kier molecular flexibility index (Phi) is 4.83. The lowest BCUT2D eigenvalue weighted by molar-refractivity contribution is -0.386. The van der Waals surface area contributed by atoms with Gasteiger partial charge in [-0.25, -0.2) is 0 Å². The number of methoxy groups -OCH3 is 1.